The van der Waals surface area contributed by atoms with Crippen molar-refractivity contribution in [2.75, 3.05) is 0 Å². The van der Waals surface area contributed by atoms with Crippen molar-refractivity contribution in [1.82, 2.24) is 5.32 Å². The van der Waals surface area contributed by atoms with Crippen LogP contribution in [0.3, 0.4) is 0 Å². The maximum absolute atomic E-state index is 6.31. The van der Waals surface area contributed by atoms with Crippen LogP contribution in [0.15, 0.2) is 22.7 Å². The van der Waals surface area contributed by atoms with Gasteiger partial charge in [0.15, 0.2) is 0 Å². The van der Waals surface area contributed by atoms with Gasteiger partial charge >= 0.3 is 0 Å². The van der Waals surface area contributed by atoms with Crippen LogP contribution in [0.4, 0.5) is 0 Å². The molecular weight excluding hydrogens is 326 g/mol. The van der Waals surface area contributed by atoms with E-state index >= 15 is 0 Å². The molecule has 0 spiro atoms. The van der Waals surface area contributed by atoms with E-state index in [4.69, 9.17) is 4.74 Å². The molecule has 0 aliphatic heterocycles. The van der Waals surface area contributed by atoms with Crippen molar-refractivity contribution in [3.63, 3.8) is 0 Å². The smallest absolute Gasteiger partial charge is 0.124 e. The average molecular weight is 354 g/mol. The van der Waals surface area contributed by atoms with E-state index in [0.717, 1.165) is 22.7 Å². The van der Waals surface area contributed by atoms with Gasteiger partial charge in [0, 0.05) is 22.6 Å². The van der Waals surface area contributed by atoms with Crippen LogP contribution in [0.5, 0.6) is 5.75 Å². The van der Waals surface area contributed by atoms with Gasteiger partial charge in [0.05, 0.1) is 6.10 Å². The number of nitrogens with one attached hydrogen (secondary N) is 1. The summed E-state index contributed by atoms with van der Waals surface area (Å²) in [6.07, 6.45) is 6.74. The van der Waals surface area contributed by atoms with E-state index in [-0.39, 0.29) is 0 Å². The molecule has 1 fully saturated rings. The van der Waals surface area contributed by atoms with Crippen molar-refractivity contribution >= 4 is 15.9 Å². The fourth-order valence-corrected chi connectivity index (χ4v) is 3.36. The molecule has 0 bridgehead atoms. The second-order valence-corrected chi connectivity index (χ2v) is 7.37. The van der Waals surface area contributed by atoms with Gasteiger partial charge in [0.1, 0.15) is 5.75 Å². The van der Waals surface area contributed by atoms with Gasteiger partial charge in [-0.15, -0.1) is 0 Å². The summed E-state index contributed by atoms with van der Waals surface area (Å²) in [7, 11) is 0. The molecule has 118 valence electrons. The lowest BCUT2D eigenvalue weighted by molar-refractivity contribution is 0.128. The van der Waals surface area contributed by atoms with Crippen LogP contribution in [0.25, 0.3) is 0 Å². The molecule has 0 heterocycles. The maximum atomic E-state index is 6.31. The molecule has 2 rings (SSSR count). The molecule has 0 radical (unpaired) electrons. The SMILES string of the molecule is CCC1CCC(Oc2ccc(Br)cc2CNC(C)C)CC1. The Morgan fingerprint density at radius 2 is 1.95 bits per heavy atom. The fourth-order valence-electron chi connectivity index (χ4n) is 2.95. The lowest BCUT2D eigenvalue weighted by atomic mass is 9.86. The first-order chi connectivity index (χ1) is 10.1. The van der Waals surface area contributed by atoms with Crippen molar-refractivity contribution in [3.8, 4) is 5.75 Å². The van der Waals surface area contributed by atoms with Gasteiger partial charge in [-0.1, -0.05) is 43.1 Å². The quantitative estimate of drug-likeness (QED) is 0.749. The molecule has 0 saturated heterocycles. The normalized spacial score (nSPS) is 22.5. The predicted octanol–water partition coefficient (Wildman–Crippen LogP) is 5.29. The summed E-state index contributed by atoms with van der Waals surface area (Å²) in [6.45, 7) is 7.50. The minimum Gasteiger partial charge on any atom is -0.490 e. The second-order valence-electron chi connectivity index (χ2n) is 6.46. The zero-order valence-electron chi connectivity index (χ0n) is 13.5. The van der Waals surface area contributed by atoms with Crippen LogP contribution in [-0.2, 0) is 6.54 Å². The highest BCUT2D eigenvalue weighted by atomic mass is 79.9. The number of rotatable bonds is 6. The van der Waals surface area contributed by atoms with E-state index in [9.17, 15) is 0 Å². The molecule has 1 aromatic carbocycles. The third kappa shape index (κ3) is 5.30. The van der Waals surface area contributed by atoms with Crippen molar-refractivity contribution < 1.29 is 4.74 Å². The van der Waals surface area contributed by atoms with E-state index in [1.165, 1.54) is 37.7 Å². The summed E-state index contributed by atoms with van der Waals surface area (Å²) in [5.74, 6) is 1.96. The summed E-state index contributed by atoms with van der Waals surface area (Å²) in [5, 5.41) is 3.48. The predicted molar refractivity (Wildman–Crippen MR) is 92.8 cm³/mol. The second kappa shape index (κ2) is 8.19. The van der Waals surface area contributed by atoms with Crippen LogP contribution >= 0.6 is 15.9 Å². The van der Waals surface area contributed by atoms with Crippen LogP contribution in [0, 0.1) is 5.92 Å². The van der Waals surface area contributed by atoms with E-state index in [1.807, 2.05) is 0 Å². The number of halogens is 1. The third-order valence-electron chi connectivity index (χ3n) is 4.39. The standard InChI is InChI=1S/C18H28BrNO/c1-4-14-5-8-17(9-6-14)21-18-10-7-16(19)11-15(18)12-20-13(2)3/h7,10-11,13-14,17,20H,4-6,8-9,12H2,1-3H3. The van der Waals surface area contributed by atoms with E-state index in [1.54, 1.807) is 0 Å². The van der Waals surface area contributed by atoms with Crippen molar-refractivity contribution in [2.24, 2.45) is 5.92 Å². The highest BCUT2D eigenvalue weighted by Gasteiger charge is 2.22. The Balaban J connectivity index is 1.98. The first kappa shape index (κ1) is 16.8. The Morgan fingerprint density at radius 3 is 2.57 bits per heavy atom. The van der Waals surface area contributed by atoms with Crippen molar-refractivity contribution in [3.05, 3.63) is 28.2 Å². The molecule has 1 saturated carbocycles. The highest BCUT2D eigenvalue weighted by molar-refractivity contribution is 9.10. The van der Waals surface area contributed by atoms with Gasteiger partial charge in [-0.25, -0.2) is 0 Å². The zero-order chi connectivity index (χ0) is 15.2. The average Bonchev–Trinajstić information content (AvgIpc) is 2.48. The zero-order valence-corrected chi connectivity index (χ0v) is 15.1. The Morgan fingerprint density at radius 1 is 1.24 bits per heavy atom. The molecule has 0 unspecified atom stereocenters. The minimum absolute atomic E-state index is 0.395. The summed E-state index contributed by atoms with van der Waals surface area (Å²) in [5.41, 5.74) is 1.25. The van der Waals surface area contributed by atoms with Crippen LogP contribution in [0.2, 0.25) is 0 Å². The molecule has 0 atom stereocenters. The summed E-state index contributed by atoms with van der Waals surface area (Å²) in [6, 6.07) is 6.83. The molecule has 1 aliphatic carbocycles. The van der Waals surface area contributed by atoms with Gasteiger partial charge in [0.2, 0.25) is 0 Å². The molecule has 3 heteroatoms. The van der Waals surface area contributed by atoms with Crippen molar-refractivity contribution in [2.45, 2.75) is 71.6 Å². The summed E-state index contributed by atoms with van der Waals surface area (Å²) < 4.78 is 7.42. The third-order valence-corrected chi connectivity index (χ3v) is 4.88. The number of hydrogen-bond acceptors (Lipinski definition) is 2. The van der Waals surface area contributed by atoms with Gasteiger partial charge in [-0.05, 0) is 49.8 Å². The molecular formula is C18H28BrNO. The van der Waals surface area contributed by atoms with E-state index in [2.05, 4.69) is 60.2 Å². The molecule has 21 heavy (non-hydrogen) atoms. The molecule has 2 nitrogen and oxygen atoms in total. The first-order valence-corrected chi connectivity index (χ1v) is 9.06. The molecule has 1 aliphatic rings. The monoisotopic (exact) mass is 353 g/mol. The minimum atomic E-state index is 0.395. The lowest BCUT2D eigenvalue weighted by Gasteiger charge is -2.29. The molecule has 1 aromatic rings. The Hall–Kier alpha value is -0.540. The van der Waals surface area contributed by atoms with Crippen molar-refractivity contribution in [1.29, 1.82) is 0 Å². The van der Waals surface area contributed by atoms with Gasteiger partial charge in [-0.3, -0.25) is 0 Å². The number of benzene rings is 1. The van der Waals surface area contributed by atoms with Gasteiger partial charge in [-0.2, -0.15) is 0 Å². The fraction of sp³-hybridized carbons (Fsp3) is 0.667. The Labute approximate surface area is 137 Å². The lowest BCUT2D eigenvalue weighted by Crippen LogP contribution is -2.26. The molecule has 0 aromatic heterocycles. The maximum Gasteiger partial charge on any atom is 0.124 e. The summed E-state index contributed by atoms with van der Waals surface area (Å²) >= 11 is 3.56. The first-order valence-electron chi connectivity index (χ1n) is 8.27. The Kier molecular flexibility index (Phi) is 6.56. The highest BCUT2D eigenvalue weighted by Crippen LogP contribution is 2.31. The van der Waals surface area contributed by atoms with E-state index < -0.39 is 0 Å². The molecule has 0 amide bonds. The molecule has 1 N–H and O–H groups in total. The summed E-state index contributed by atoms with van der Waals surface area (Å²) in [4.78, 5) is 0. The number of ether oxygens (including phenoxy) is 1. The van der Waals surface area contributed by atoms with Crippen LogP contribution in [0.1, 0.15) is 58.4 Å². The van der Waals surface area contributed by atoms with Gasteiger partial charge < -0.3 is 10.1 Å². The van der Waals surface area contributed by atoms with Gasteiger partial charge in [0.25, 0.3) is 0 Å². The Bertz CT molecular complexity index is 439. The topological polar surface area (TPSA) is 21.3 Å². The number of hydrogen-bond donors (Lipinski definition) is 1. The van der Waals surface area contributed by atoms with E-state index in [0.29, 0.717) is 12.1 Å². The van der Waals surface area contributed by atoms with Crippen LogP contribution < -0.4 is 10.1 Å². The largest absolute Gasteiger partial charge is 0.490 e. The van der Waals surface area contributed by atoms with Crippen LogP contribution in [-0.4, -0.2) is 12.1 Å².